The quantitative estimate of drug-likeness (QED) is 0.511. The fraction of sp³-hybridized carbons (Fsp3) is 0. The van der Waals surface area contributed by atoms with Crippen LogP contribution in [-0.2, 0) is 0 Å². The number of halogens is 4. The molecule has 96 valence electrons. The number of nitrogens with zero attached hydrogens (tertiary/aromatic N) is 4. The van der Waals surface area contributed by atoms with Gasteiger partial charge in [-0.3, -0.25) is 0 Å². The summed E-state index contributed by atoms with van der Waals surface area (Å²) in [5, 5.41) is 4.17. The molecule has 2 aromatic heterocycles. The smallest absolute Gasteiger partial charge is 0.209 e. The Morgan fingerprint density at radius 3 is 2.42 bits per heavy atom. The average molecular weight is 301 g/mol. The number of para-hydroxylation sites is 1. The molecule has 4 nitrogen and oxygen atoms in total. The maximum atomic E-state index is 13.7. The molecule has 2 heterocycles. The lowest BCUT2D eigenvalue weighted by Gasteiger charge is -2.05. The molecule has 0 spiro atoms. The number of fused-ring (bicyclic) bond motifs is 1. The molecule has 0 saturated heterocycles. The van der Waals surface area contributed by atoms with E-state index in [9.17, 15) is 8.78 Å². The molecule has 0 N–H and O–H groups in total. The zero-order chi connectivity index (χ0) is 13.6. The van der Waals surface area contributed by atoms with E-state index in [1.807, 2.05) is 0 Å². The van der Waals surface area contributed by atoms with E-state index in [1.54, 1.807) is 0 Å². The second kappa shape index (κ2) is 4.40. The highest BCUT2D eigenvalue weighted by Crippen LogP contribution is 2.26. The lowest BCUT2D eigenvalue weighted by Crippen LogP contribution is -2.04. The molecule has 0 radical (unpaired) electrons. The van der Waals surface area contributed by atoms with E-state index in [-0.39, 0.29) is 21.8 Å². The minimum absolute atomic E-state index is 0.0676. The first-order chi connectivity index (χ1) is 9.08. The van der Waals surface area contributed by atoms with Crippen LogP contribution >= 0.6 is 23.2 Å². The van der Waals surface area contributed by atoms with Crippen molar-refractivity contribution < 1.29 is 8.78 Å². The van der Waals surface area contributed by atoms with Crippen molar-refractivity contribution in [3.05, 3.63) is 46.5 Å². The van der Waals surface area contributed by atoms with Crippen molar-refractivity contribution in [1.82, 2.24) is 19.7 Å². The van der Waals surface area contributed by atoms with Gasteiger partial charge < -0.3 is 0 Å². The molecule has 1 aromatic carbocycles. The zero-order valence-corrected chi connectivity index (χ0v) is 10.6. The summed E-state index contributed by atoms with van der Waals surface area (Å²) in [6.07, 6.45) is 1.32. The largest absolute Gasteiger partial charge is 0.225 e. The summed E-state index contributed by atoms with van der Waals surface area (Å²) in [5.41, 5.74) is -0.211. The molecule has 3 rings (SSSR count). The summed E-state index contributed by atoms with van der Waals surface area (Å²) in [6, 6.07) is 3.50. The topological polar surface area (TPSA) is 43.6 Å². The second-order valence-corrected chi connectivity index (χ2v) is 4.34. The Balaban J connectivity index is 2.38. The van der Waals surface area contributed by atoms with Crippen LogP contribution in [0.15, 0.2) is 24.4 Å². The van der Waals surface area contributed by atoms with E-state index in [2.05, 4.69) is 15.1 Å². The van der Waals surface area contributed by atoms with Gasteiger partial charge in [-0.25, -0.2) is 18.4 Å². The van der Waals surface area contributed by atoms with Gasteiger partial charge in [0.15, 0.2) is 17.3 Å². The molecule has 19 heavy (non-hydrogen) atoms. The normalized spacial score (nSPS) is 11.2. The SMILES string of the molecule is Fc1cccc(F)c1-n1ncc2c(Cl)nc(Cl)nc21. The molecule has 0 fully saturated rings. The highest BCUT2D eigenvalue weighted by Gasteiger charge is 2.17. The van der Waals surface area contributed by atoms with Crippen molar-refractivity contribution in [1.29, 1.82) is 0 Å². The molecule has 0 amide bonds. The van der Waals surface area contributed by atoms with Crippen molar-refractivity contribution in [2.75, 3.05) is 0 Å². The Kier molecular flexibility index (Phi) is 2.83. The maximum Gasteiger partial charge on any atom is 0.225 e. The van der Waals surface area contributed by atoms with Crippen LogP contribution < -0.4 is 0 Å². The van der Waals surface area contributed by atoms with Gasteiger partial charge in [-0.05, 0) is 23.7 Å². The summed E-state index contributed by atoms with van der Waals surface area (Å²) >= 11 is 11.6. The first-order valence-electron chi connectivity index (χ1n) is 5.09. The van der Waals surface area contributed by atoms with Crippen molar-refractivity contribution in [2.24, 2.45) is 0 Å². The monoisotopic (exact) mass is 300 g/mol. The van der Waals surface area contributed by atoms with Gasteiger partial charge in [-0.2, -0.15) is 10.1 Å². The minimum atomic E-state index is -0.768. The number of rotatable bonds is 1. The van der Waals surface area contributed by atoms with Gasteiger partial charge in [-0.15, -0.1) is 0 Å². The van der Waals surface area contributed by atoms with Crippen LogP contribution in [0.1, 0.15) is 0 Å². The van der Waals surface area contributed by atoms with E-state index >= 15 is 0 Å². The Hall–Kier alpha value is -1.79. The maximum absolute atomic E-state index is 13.7. The number of benzene rings is 1. The molecule has 8 heteroatoms. The van der Waals surface area contributed by atoms with Gasteiger partial charge in [0.2, 0.25) is 5.28 Å². The minimum Gasteiger partial charge on any atom is -0.209 e. The van der Waals surface area contributed by atoms with Crippen LogP contribution in [0.2, 0.25) is 10.4 Å². The van der Waals surface area contributed by atoms with E-state index in [0.29, 0.717) is 5.39 Å². The Morgan fingerprint density at radius 1 is 1.05 bits per heavy atom. The van der Waals surface area contributed by atoms with E-state index in [1.165, 1.54) is 12.3 Å². The lowest BCUT2D eigenvalue weighted by atomic mass is 10.3. The second-order valence-electron chi connectivity index (χ2n) is 3.65. The standard InChI is InChI=1S/C11H4Cl2F2N4/c12-9-5-4-16-19(10(5)18-11(13)17-9)8-6(14)2-1-3-7(8)15/h1-4H. The van der Waals surface area contributed by atoms with Crippen LogP contribution in [0.4, 0.5) is 8.78 Å². The highest BCUT2D eigenvalue weighted by atomic mass is 35.5. The van der Waals surface area contributed by atoms with Crippen LogP contribution in [0.25, 0.3) is 16.7 Å². The first-order valence-corrected chi connectivity index (χ1v) is 5.84. The van der Waals surface area contributed by atoms with E-state index in [0.717, 1.165) is 16.8 Å². The van der Waals surface area contributed by atoms with Crippen molar-refractivity contribution in [2.45, 2.75) is 0 Å². The van der Waals surface area contributed by atoms with Gasteiger partial charge in [0, 0.05) is 0 Å². The van der Waals surface area contributed by atoms with Crippen molar-refractivity contribution >= 4 is 34.2 Å². The molecule has 3 aromatic rings. The third-order valence-electron chi connectivity index (χ3n) is 2.50. The Labute approximate surface area is 115 Å². The van der Waals surface area contributed by atoms with Crippen LogP contribution in [0.3, 0.4) is 0 Å². The van der Waals surface area contributed by atoms with E-state index in [4.69, 9.17) is 23.2 Å². The molecular formula is C11H4Cl2F2N4. The Bertz CT molecular complexity index is 767. The molecule has 0 unspecified atom stereocenters. The van der Waals surface area contributed by atoms with Crippen molar-refractivity contribution in [3.63, 3.8) is 0 Å². The fourth-order valence-electron chi connectivity index (χ4n) is 1.70. The van der Waals surface area contributed by atoms with Crippen LogP contribution in [0.5, 0.6) is 0 Å². The van der Waals surface area contributed by atoms with E-state index < -0.39 is 11.6 Å². The molecule has 0 aliphatic carbocycles. The molecular weight excluding hydrogens is 297 g/mol. The van der Waals surface area contributed by atoms with Crippen LogP contribution in [-0.4, -0.2) is 19.7 Å². The van der Waals surface area contributed by atoms with Gasteiger partial charge in [0.1, 0.15) is 10.8 Å². The average Bonchev–Trinajstić information content (AvgIpc) is 2.73. The molecule has 0 atom stereocenters. The van der Waals surface area contributed by atoms with Gasteiger partial charge in [-0.1, -0.05) is 17.7 Å². The highest BCUT2D eigenvalue weighted by molar-refractivity contribution is 6.35. The third kappa shape index (κ3) is 1.93. The van der Waals surface area contributed by atoms with Crippen LogP contribution in [0, 0.1) is 11.6 Å². The zero-order valence-electron chi connectivity index (χ0n) is 9.11. The first kappa shape index (κ1) is 12.3. The fourth-order valence-corrected chi connectivity index (χ4v) is 2.12. The van der Waals surface area contributed by atoms with Crippen molar-refractivity contribution in [3.8, 4) is 5.69 Å². The summed E-state index contributed by atoms with van der Waals surface area (Å²) in [5.74, 6) is -1.54. The van der Waals surface area contributed by atoms with Gasteiger partial charge in [0.05, 0.1) is 11.6 Å². The van der Waals surface area contributed by atoms with Gasteiger partial charge >= 0.3 is 0 Å². The number of hydrogen-bond donors (Lipinski definition) is 0. The Morgan fingerprint density at radius 2 is 1.74 bits per heavy atom. The summed E-state index contributed by atoms with van der Waals surface area (Å²) in [6.45, 7) is 0. The number of aromatic nitrogens is 4. The lowest BCUT2D eigenvalue weighted by molar-refractivity contribution is 0.562. The molecule has 0 aliphatic rings. The molecule has 0 saturated carbocycles. The summed E-state index contributed by atoms with van der Waals surface area (Å²) in [4.78, 5) is 7.62. The number of hydrogen-bond acceptors (Lipinski definition) is 3. The third-order valence-corrected chi connectivity index (χ3v) is 2.96. The summed E-state index contributed by atoms with van der Waals surface area (Å²) < 4.78 is 28.5. The predicted molar refractivity (Wildman–Crippen MR) is 66.6 cm³/mol. The van der Waals surface area contributed by atoms with Gasteiger partial charge in [0.25, 0.3) is 0 Å². The summed E-state index contributed by atoms with van der Waals surface area (Å²) in [7, 11) is 0. The predicted octanol–water partition coefficient (Wildman–Crippen LogP) is 3.40. The molecule has 0 aliphatic heterocycles. The molecule has 0 bridgehead atoms.